The molecule has 14 nitrogen and oxygen atoms in total. The molecule has 0 aliphatic rings. The third-order valence-electron chi connectivity index (χ3n) is 11.8. The molecule has 388 valence electrons. The fraction of sp³-hybridized carbons (Fsp3) is 0.111. The van der Waals surface area contributed by atoms with Gasteiger partial charge in [0, 0.05) is 56.7 Å². The Morgan fingerprint density at radius 2 is 1.05 bits per heavy atom. The topological polar surface area (TPSA) is 224 Å². The second-order valence-electron chi connectivity index (χ2n) is 17.1. The van der Waals surface area contributed by atoms with Gasteiger partial charge in [-0.05, 0) is 97.7 Å². The number of halogens is 5. The number of hydrogen-bond donors (Lipinski definition) is 6. The summed E-state index contributed by atoms with van der Waals surface area (Å²) in [6, 6.07) is 33.8. The van der Waals surface area contributed by atoms with Gasteiger partial charge < -0.3 is 20.0 Å². The van der Waals surface area contributed by atoms with Crippen molar-refractivity contribution in [3.8, 4) is 11.1 Å². The zero-order valence-electron chi connectivity index (χ0n) is 40.2. The molecule has 0 aliphatic heterocycles. The van der Waals surface area contributed by atoms with E-state index in [-0.39, 0.29) is 22.6 Å². The van der Waals surface area contributed by atoms with E-state index >= 15 is 4.39 Å². The van der Waals surface area contributed by atoms with Crippen LogP contribution in [0.2, 0.25) is 0 Å². The molecule has 4 heterocycles. The van der Waals surface area contributed by atoms with Crippen LogP contribution in [0.1, 0.15) is 58.5 Å². The van der Waals surface area contributed by atoms with Gasteiger partial charge in [-0.2, -0.15) is 0 Å². The average Bonchev–Trinajstić information content (AvgIpc) is 4.02. The van der Waals surface area contributed by atoms with E-state index in [9.17, 15) is 39.6 Å². The summed E-state index contributed by atoms with van der Waals surface area (Å²) < 4.78 is 112. The summed E-state index contributed by atoms with van der Waals surface area (Å²) in [5.41, 5.74) is 0.326. The summed E-state index contributed by atoms with van der Waals surface area (Å²) in [6.45, 7) is 3.31. The summed E-state index contributed by atoms with van der Waals surface area (Å²) in [6.07, 6.45) is 6.46. The van der Waals surface area contributed by atoms with E-state index in [1.54, 1.807) is 38.2 Å². The van der Waals surface area contributed by atoms with Gasteiger partial charge in [0.2, 0.25) is 31.6 Å². The quantitative estimate of drug-likeness (QED) is 0.0343. The molecule has 0 amide bonds. The maximum atomic E-state index is 15.3. The van der Waals surface area contributed by atoms with Gasteiger partial charge in [0.25, 0.3) is 0 Å². The molecule has 0 aliphatic carbocycles. The molecule has 76 heavy (non-hydrogen) atoms. The number of aromatic nitrogens is 4. The van der Waals surface area contributed by atoms with Gasteiger partial charge in [0.15, 0.2) is 11.6 Å². The first-order valence-electron chi connectivity index (χ1n) is 23.3. The van der Waals surface area contributed by atoms with Crippen LogP contribution in [-0.4, -0.2) is 77.0 Å². The van der Waals surface area contributed by atoms with Gasteiger partial charge in [-0.1, -0.05) is 98.8 Å². The van der Waals surface area contributed by atoms with Crippen molar-refractivity contribution in [2.24, 2.45) is 0 Å². The Hall–Kier alpha value is -7.76. The van der Waals surface area contributed by atoms with Crippen molar-refractivity contribution in [2.45, 2.75) is 26.7 Å². The number of H-pyrrole nitrogens is 2. The van der Waals surface area contributed by atoms with Crippen LogP contribution in [0, 0.1) is 23.3 Å². The van der Waals surface area contributed by atoms with Crippen molar-refractivity contribution in [1.29, 1.82) is 0 Å². The van der Waals surface area contributed by atoms with E-state index in [1.165, 1.54) is 18.6 Å². The lowest BCUT2D eigenvalue weighted by Gasteiger charge is -2.11. The minimum atomic E-state index is -3.85. The number of nitrogens with one attached hydrogen (secondary N) is 4. The van der Waals surface area contributed by atoms with E-state index in [4.69, 9.17) is 10.0 Å². The van der Waals surface area contributed by atoms with Gasteiger partial charge >= 0.3 is 7.12 Å². The number of ketones is 2. The molecule has 0 saturated heterocycles. The SMILES string of the molecule is CCCS(=O)(=O)Nc1ccc(F)c(C(=O)c2c[nH]c3ncc(-c4cccc5ccccc45)cc23)c1F.CCCS(=O)(=O)Nc1ccc(F)c(C(=O)c2c[nH]c3ncc(Br)cc23)c1F.OB(O)c1cccc2ccccc12. The van der Waals surface area contributed by atoms with Gasteiger partial charge in [-0.25, -0.2) is 44.4 Å². The number of benzene rings is 6. The maximum absolute atomic E-state index is 15.3. The molecule has 10 rings (SSSR count). The van der Waals surface area contributed by atoms with E-state index in [0.717, 1.165) is 56.9 Å². The second kappa shape index (κ2) is 23.0. The van der Waals surface area contributed by atoms with Gasteiger partial charge in [0.05, 0.1) is 34.0 Å². The predicted molar refractivity (Wildman–Crippen MR) is 292 cm³/mol. The van der Waals surface area contributed by atoms with Gasteiger partial charge in [-0.3, -0.25) is 19.0 Å². The van der Waals surface area contributed by atoms with E-state index in [2.05, 4.69) is 45.3 Å². The number of hydrogen-bond acceptors (Lipinski definition) is 10. The first-order valence-corrected chi connectivity index (χ1v) is 27.4. The normalized spacial score (nSPS) is 11.5. The lowest BCUT2D eigenvalue weighted by atomic mass is 9.77. The van der Waals surface area contributed by atoms with Gasteiger partial charge in [0.1, 0.15) is 22.9 Å². The molecule has 0 atom stereocenters. The van der Waals surface area contributed by atoms with Crippen LogP contribution in [0.5, 0.6) is 0 Å². The zero-order valence-corrected chi connectivity index (χ0v) is 43.4. The molecule has 6 aromatic carbocycles. The van der Waals surface area contributed by atoms with Crippen LogP contribution in [0.4, 0.5) is 28.9 Å². The Labute approximate surface area is 441 Å². The fourth-order valence-corrected chi connectivity index (χ4v) is 11.0. The molecule has 0 bridgehead atoms. The molecule has 6 N–H and O–H groups in total. The first kappa shape index (κ1) is 54.5. The number of aromatic amines is 2. The Morgan fingerprint density at radius 3 is 1.58 bits per heavy atom. The number of nitrogens with zero attached hydrogens (tertiary/aromatic N) is 2. The molecule has 0 spiro atoms. The van der Waals surface area contributed by atoms with Crippen molar-refractivity contribution in [3.05, 3.63) is 196 Å². The fourth-order valence-electron chi connectivity index (χ4n) is 8.38. The molecule has 22 heteroatoms. The maximum Gasteiger partial charge on any atom is 0.489 e. The van der Waals surface area contributed by atoms with Crippen molar-refractivity contribution in [2.75, 3.05) is 20.9 Å². The standard InChI is InChI=1S/C27H21F2N3O3S.C17H14BrF2N3O3S.C10H9BO2/c1-2-12-36(34,35)32-23-11-10-22(28)24(25(23)29)26(33)21-15-31-27-20(21)13-17(14-30-27)19-9-5-7-16-6-3-4-8-18(16)19;1-2-5-27(25,26)23-13-4-3-12(19)14(15(13)20)16(24)11-8-22-17-10(11)6-9(18)7-21-17;12-11(13)10-7-3-5-8-4-1-2-6-9(8)10/h3-11,13-15,32H,2,12H2,1H3,(H,30,31);3-4,6-8,23H,2,5H2,1H3,(H,21,22);1-7,12-13H. The zero-order chi connectivity index (χ0) is 54.5. The number of carbonyl (C=O) groups is 2. The molecular weight excluding hydrogens is 1090 g/mol. The molecule has 10 aromatic rings. The molecular formula is C54H44BBrF4N6O8S2. The van der Waals surface area contributed by atoms with Crippen molar-refractivity contribution >= 4 is 115 Å². The highest BCUT2D eigenvalue weighted by Gasteiger charge is 2.28. The van der Waals surface area contributed by atoms with Crippen LogP contribution < -0.4 is 14.9 Å². The largest absolute Gasteiger partial charge is 0.489 e. The van der Waals surface area contributed by atoms with Crippen LogP contribution in [0.3, 0.4) is 0 Å². The van der Waals surface area contributed by atoms with Crippen LogP contribution in [-0.2, 0) is 20.0 Å². The summed E-state index contributed by atoms with van der Waals surface area (Å²) in [5.74, 6) is -7.04. The minimum absolute atomic E-state index is 0.0187. The number of sulfonamides is 2. The molecule has 0 radical (unpaired) electrons. The monoisotopic (exact) mass is 1130 g/mol. The molecule has 4 aromatic heterocycles. The predicted octanol–water partition coefficient (Wildman–Crippen LogP) is 10.5. The second-order valence-corrected chi connectivity index (χ2v) is 21.7. The highest BCUT2D eigenvalue weighted by atomic mass is 79.9. The Kier molecular flexibility index (Phi) is 16.5. The number of pyridine rings is 2. The highest BCUT2D eigenvalue weighted by Crippen LogP contribution is 2.33. The third kappa shape index (κ3) is 11.9. The molecule has 0 saturated carbocycles. The van der Waals surface area contributed by atoms with Crippen molar-refractivity contribution in [1.82, 2.24) is 19.9 Å². The number of anilines is 2. The van der Waals surface area contributed by atoms with Crippen molar-refractivity contribution in [3.63, 3.8) is 0 Å². The van der Waals surface area contributed by atoms with Crippen molar-refractivity contribution < 1.29 is 54.0 Å². The van der Waals surface area contributed by atoms with Crippen LogP contribution >= 0.6 is 15.9 Å². The summed E-state index contributed by atoms with van der Waals surface area (Å²) >= 11 is 3.23. The molecule has 0 unspecified atom stereocenters. The number of fused-ring (bicyclic) bond motifs is 4. The lowest BCUT2D eigenvalue weighted by molar-refractivity contribution is 0.102. The highest BCUT2D eigenvalue weighted by molar-refractivity contribution is 9.10. The Morgan fingerprint density at radius 1 is 0.592 bits per heavy atom. The van der Waals surface area contributed by atoms with E-state index in [0.29, 0.717) is 44.8 Å². The van der Waals surface area contributed by atoms with Crippen LogP contribution in [0.15, 0.2) is 151 Å². The Bertz CT molecular complexity index is 4080. The first-order chi connectivity index (χ1) is 36.3. The third-order valence-corrected chi connectivity index (χ3v) is 15.2. The van der Waals surface area contributed by atoms with Crippen LogP contribution in [0.25, 0.3) is 54.7 Å². The molecule has 0 fully saturated rings. The summed E-state index contributed by atoms with van der Waals surface area (Å²) in [4.78, 5) is 40.3. The van der Waals surface area contributed by atoms with E-state index in [1.807, 2.05) is 78.9 Å². The van der Waals surface area contributed by atoms with Gasteiger partial charge in [-0.15, -0.1) is 0 Å². The average molecular weight is 1140 g/mol. The summed E-state index contributed by atoms with van der Waals surface area (Å²) in [7, 11) is -9.04. The smallest absolute Gasteiger partial charge is 0.423 e. The summed E-state index contributed by atoms with van der Waals surface area (Å²) in [5, 5.41) is 22.9. The number of carbonyl (C=O) groups excluding carboxylic acids is 2. The Balaban J connectivity index is 0.000000167. The minimum Gasteiger partial charge on any atom is -0.423 e. The van der Waals surface area contributed by atoms with E-state index < -0.39 is 84.5 Å². The number of rotatable bonds is 14. The lowest BCUT2D eigenvalue weighted by Crippen LogP contribution is -2.30.